The van der Waals surface area contributed by atoms with Gasteiger partial charge in [0.05, 0.1) is 10.9 Å². The monoisotopic (exact) mass is 202 g/mol. The van der Waals surface area contributed by atoms with Crippen molar-refractivity contribution in [1.29, 1.82) is 0 Å². The van der Waals surface area contributed by atoms with Crippen LogP contribution in [0.4, 0.5) is 0 Å². The summed E-state index contributed by atoms with van der Waals surface area (Å²) >= 11 is 0. The summed E-state index contributed by atoms with van der Waals surface area (Å²) in [6.45, 7) is 9.20. The lowest BCUT2D eigenvalue weighted by molar-refractivity contribution is 0.871. The molecule has 1 rings (SSSR count). The first kappa shape index (κ1) is 11.2. The van der Waals surface area contributed by atoms with Gasteiger partial charge >= 0.3 is 0 Å². The van der Waals surface area contributed by atoms with Gasteiger partial charge in [0.25, 0.3) is 5.56 Å². The lowest BCUT2D eigenvalue weighted by Gasteiger charge is -1.96. The number of aromatic amines is 1. The molecule has 0 unspecified atom stereocenters. The fourth-order valence-electron chi connectivity index (χ4n) is 1.37. The molecule has 0 aromatic carbocycles. The van der Waals surface area contributed by atoms with Crippen molar-refractivity contribution in [3.63, 3.8) is 0 Å². The van der Waals surface area contributed by atoms with E-state index in [1.165, 1.54) is 0 Å². The molecule has 0 amide bonds. The highest BCUT2D eigenvalue weighted by atomic mass is 16.1. The second kappa shape index (κ2) is 5.10. The maximum atomic E-state index is 11.5. The van der Waals surface area contributed by atoms with Gasteiger partial charge in [-0.05, 0) is 12.5 Å². The predicted octanol–water partition coefficient (Wildman–Crippen LogP) is 0.265. The zero-order chi connectivity index (χ0) is 11.3. The molecular weight excluding hydrogens is 188 g/mol. The fourth-order valence-corrected chi connectivity index (χ4v) is 1.37. The SMILES string of the molecule is C=C/C=c1/c(CC)n[nH]c(=O)/c1=C/C=C. The number of aryl methyl sites for hydroxylation is 1. The summed E-state index contributed by atoms with van der Waals surface area (Å²) in [6, 6.07) is 0. The highest BCUT2D eigenvalue weighted by Gasteiger charge is 1.98. The van der Waals surface area contributed by atoms with E-state index in [9.17, 15) is 4.79 Å². The quantitative estimate of drug-likeness (QED) is 0.764. The summed E-state index contributed by atoms with van der Waals surface area (Å²) in [5.41, 5.74) is 0.641. The van der Waals surface area contributed by atoms with Crippen LogP contribution in [0.1, 0.15) is 12.6 Å². The molecule has 0 radical (unpaired) electrons. The molecular formula is C12H14N2O. The Morgan fingerprint density at radius 3 is 2.40 bits per heavy atom. The first-order valence-corrected chi connectivity index (χ1v) is 4.77. The van der Waals surface area contributed by atoms with Crippen molar-refractivity contribution in [2.24, 2.45) is 0 Å². The van der Waals surface area contributed by atoms with Crippen LogP contribution in [0.25, 0.3) is 12.2 Å². The summed E-state index contributed by atoms with van der Waals surface area (Å²) in [5.74, 6) is 0. The van der Waals surface area contributed by atoms with Gasteiger partial charge in [-0.1, -0.05) is 38.3 Å². The van der Waals surface area contributed by atoms with E-state index in [0.29, 0.717) is 5.22 Å². The van der Waals surface area contributed by atoms with Gasteiger partial charge in [-0.3, -0.25) is 4.79 Å². The molecule has 0 bridgehead atoms. The maximum Gasteiger partial charge on any atom is 0.272 e. The summed E-state index contributed by atoms with van der Waals surface area (Å²) in [7, 11) is 0. The van der Waals surface area contributed by atoms with Crippen LogP contribution in [0.5, 0.6) is 0 Å². The molecule has 0 aliphatic rings. The second-order valence-electron chi connectivity index (χ2n) is 2.99. The highest BCUT2D eigenvalue weighted by molar-refractivity contribution is 5.42. The van der Waals surface area contributed by atoms with Crippen molar-refractivity contribution in [3.8, 4) is 0 Å². The molecule has 78 valence electrons. The Balaban J connectivity index is 3.83. The maximum absolute atomic E-state index is 11.5. The van der Waals surface area contributed by atoms with Crippen LogP contribution in [0.3, 0.4) is 0 Å². The number of H-pyrrole nitrogens is 1. The van der Waals surface area contributed by atoms with E-state index in [0.717, 1.165) is 17.3 Å². The van der Waals surface area contributed by atoms with Gasteiger partial charge in [-0.25, -0.2) is 5.10 Å². The number of aromatic nitrogens is 2. The van der Waals surface area contributed by atoms with Gasteiger partial charge in [0, 0.05) is 5.22 Å². The number of hydrogen-bond acceptors (Lipinski definition) is 2. The highest BCUT2D eigenvalue weighted by Crippen LogP contribution is 1.80. The minimum atomic E-state index is -0.208. The minimum absolute atomic E-state index is 0.208. The normalized spacial score (nSPS) is 12.9. The van der Waals surface area contributed by atoms with Crippen molar-refractivity contribution < 1.29 is 0 Å². The van der Waals surface area contributed by atoms with E-state index in [4.69, 9.17) is 0 Å². The van der Waals surface area contributed by atoms with Gasteiger partial charge in [0.1, 0.15) is 0 Å². The zero-order valence-corrected chi connectivity index (χ0v) is 8.79. The van der Waals surface area contributed by atoms with Crippen LogP contribution in [-0.2, 0) is 6.42 Å². The largest absolute Gasteiger partial charge is 0.272 e. The molecule has 0 saturated carbocycles. The standard InChI is InChI=1S/C12H14N2O/c1-4-7-9-10(8-5-2)12(15)14-13-11(9)6-3/h4-5,7-8H,1-2,6H2,3H3,(H,14,15)/b9-7+,10-8+. The first-order chi connectivity index (χ1) is 7.24. The van der Waals surface area contributed by atoms with Crippen LogP contribution in [0.2, 0.25) is 0 Å². The number of allylic oxidation sites excluding steroid dienone is 2. The van der Waals surface area contributed by atoms with Crippen LogP contribution < -0.4 is 16.0 Å². The average Bonchev–Trinajstić information content (AvgIpc) is 2.24. The predicted molar refractivity (Wildman–Crippen MR) is 62.8 cm³/mol. The molecule has 0 aliphatic carbocycles. The lowest BCUT2D eigenvalue weighted by atomic mass is 10.2. The Bertz CT molecular complexity index is 538. The van der Waals surface area contributed by atoms with Gasteiger partial charge in [0.15, 0.2) is 0 Å². The van der Waals surface area contributed by atoms with E-state index < -0.39 is 0 Å². The zero-order valence-electron chi connectivity index (χ0n) is 8.79. The third-order valence-corrected chi connectivity index (χ3v) is 2.04. The van der Waals surface area contributed by atoms with Crippen molar-refractivity contribution in [1.82, 2.24) is 10.2 Å². The average molecular weight is 202 g/mol. The van der Waals surface area contributed by atoms with Gasteiger partial charge in [0.2, 0.25) is 0 Å². The van der Waals surface area contributed by atoms with E-state index in [1.807, 2.05) is 6.92 Å². The third kappa shape index (κ3) is 2.31. The van der Waals surface area contributed by atoms with Crippen LogP contribution in [0.15, 0.2) is 30.1 Å². The van der Waals surface area contributed by atoms with E-state index in [2.05, 4.69) is 23.4 Å². The third-order valence-electron chi connectivity index (χ3n) is 2.04. The van der Waals surface area contributed by atoms with E-state index >= 15 is 0 Å². The van der Waals surface area contributed by atoms with Crippen LogP contribution in [0, 0.1) is 0 Å². The second-order valence-corrected chi connectivity index (χ2v) is 2.99. The van der Waals surface area contributed by atoms with Crippen molar-refractivity contribution >= 4 is 12.2 Å². The van der Waals surface area contributed by atoms with Crippen molar-refractivity contribution in [2.45, 2.75) is 13.3 Å². The van der Waals surface area contributed by atoms with Crippen molar-refractivity contribution in [3.05, 3.63) is 51.8 Å². The number of hydrogen-bond donors (Lipinski definition) is 1. The van der Waals surface area contributed by atoms with Gasteiger partial charge < -0.3 is 0 Å². The lowest BCUT2D eigenvalue weighted by Crippen LogP contribution is -2.43. The van der Waals surface area contributed by atoms with E-state index in [1.54, 1.807) is 24.3 Å². The molecule has 0 fully saturated rings. The Hall–Kier alpha value is -1.90. The molecule has 0 atom stereocenters. The summed E-state index contributed by atoms with van der Waals surface area (Å²) in [6.07, 6.45) is 7.46. The van der Waals surface area contributed by atoms with Crippen LogP contribution in [-0.4, -0.2) is 10.2 Å². The fraction of sp³-hybridized carbons (Fsp3) is 0.167. The van der Waals surface area contributed by atoms with Crippen LogP contribution >= 0.6 is 0 Å². The molecule has 1 N–H and O–H groups in total. The molecule has 1 aromatic heterocycles. The number of nitrogens with zero attached hydrogens (tertiary/aromatic N) is 1. The Kier molecular flexibility index (Phi) is 3.80. The molecule has 0 aliphatic heterocycles. The van der Waals surface area contributed by atoms with E-state index in [-0.39, 0.29) is 5.56 Å². The Morgan fingerprint density at radius 2 is 1.87 bits per heavy atom. The summed E-state index contributed by atoms with van der Waals surface area (Å²) < 4.78 is 0. The smallest absolute Gasteiger partial charge is 0.267 e. The Morgan fingerprint density at radius 1 is 1.27 bits per heavy atom. The summed E-state index contributed by atoms with van der Waals surface area (Å²) in [4.78, 5) is 11.5. The molecule has 0 saturated heterocycles. The van der Waals surface area contributed by atoms with Gasteiger partial charge in [-0.15, -0.1) is 0 Å². The topological polar surface area (TPSA) is 45.8 Å². The molecule has 1 aromatic rings. The summed E-state index contributed by atoms with van der Waals surface area (Å²) in [5, 5.41) is 7.85. The Labute approximate surface area is 88.2 Å². The number of rotatable bonds is 3. The minimum Gasteiger partial charge on any atom is -0.267 e. The molecule has 1 heterocycles. The molecule has 3 nitrogen and oxygen atoms in total. The van der Waals surface area contributed by atoms with Crippen molar-refractivity contribution in [2.75, 3.05) is 0 Å². The number of nitrogens with one attached hydrogen (secondary N) is 1. The molecule has 3 heteroatoms. The molecule has 15 heavy (non-hydrogen) atoms. The first-order valence-electron chi connectivity index (χ1n) is 4.77. The molecule has 0 spiro atoms. The van der Waals surface area contributed by atoms with Gasteiger partial charge in [-0.2, -0.15) is 5.10 Å².